The van der Waals surface area contributed by atoms with Crippen LogP contribution in [0.4, 0.5) is 0 Å². The minimum absolute atomic E-state index is 0.469. The molecule has 19 heavy (non-hydrogen) atoms. The molecule has 0 heterocycles. The van der Waals surface area contributed by atoms with Gasteiger partial charge in [0.15, 0.2) is 0 Å². The Morgan fingerprint density at radius 2 is 1.84 bits per heavy atom. The molecule has 2 fully saturated rings. The van der Waals surface area contributed by atoms with E-state index >= 15 is 0 Å². The second-order valence-electron chi connectivity index (χ2n) is 6.22. The summed E-state index contributed by atoms with van der Waals surface area (Å²) in [6, 6.07) is 0. The Morgan fingerprint density at radius 3 is 2.63 bits per heavy atom. The van der Waals surface area contributed by atoms with Crippen LogP contribution in [0.5, 0.6) is 0 Å². The van der Waals surface area contributed by atoms with Crippen LogP contribution in [-0.4, -0.2) is 19.8 Å². The van der Waals surface area contributed by atoms with Crippen molar-refractivity contribution in [1.82, 2.24) is 0 Å². The van der Waals surface area contributed by atoms with Crippen molar-refractivity contribution < 1.29 is 9.47 Å². The molecule has 0 aromatic rings. The molecule has 0 aromatic heterocycles. The summed E-state index contributed by atoms with van der Waals surface area (Å²) in [6.07, 6.45) is 15.3. The minimum Gasteiger partial charge on any atom is -0.505 e. The fourth-order valence-electron chi connectivity index (χ4n) is 3.89. The average Bonchev–Trinajstić information content (AvgIpc) is 3.01. The van der Waals surface area contributed by atoms with Crippen LogP contribution in [-0.2, 0) is 9.47 Å². The first-order chi connectivity index (χ1) is 9.36. The summed E-state index contributed by atoms with van der Waals surface area (Å²) in [6.45, 7) is 3.22. The van der Waals surface area contributed by atoms with Gasteiger partial charge in [-0.2, -0.15) is 0 Å². The van der Waals surface area contributed by atoms with Crippen LogP contribution in [0.15, 0.2) is 12.3 Å². The standard InChI is InChI=1S/C17H30O2/c1-3-4-5-6-7-11-19-17-15-9-8-14(13-15)16(17)10-12-18-2/h10,12,14-17H,3-9,11,13H2,1-2H3/b12-10+/t14-,15+,16-,17+/m0/s1. The number of rotatable bonds is 9. The van der Waals surface area contributed by atoms with E-state index in [1.807, 2.05) is 6.26 Å². The van der Waals surface area contributed by atoms with Gasteiger partial charge >= 0.3 is 0 Å². The first kappa shape index (κ1) is 14.9. The molecule has 0 radical (unpaired) electrons. The van der Waals surface area contributed by atoms with Gasteiger partial charge in [-0.15, -0.1) is 0 Å². The number of hydrogen-bond acceptors (Lipinski definition) is 2. The van der Waals surface area contributed by atoms with Gasteiger partial charge in [0, 0.05) is 12.5 Å². The maximum atomic E-state index is 6.22. The van der Waals surface area contributed by atoms with Crippen molar-refractivity contribution in [1.29, 1.82) is 0 Å². The number of methoxy groups -OCH3 is 1. The molecular weight excluding hydrogens is 236 g/mol. The molecule has 2 saturated carbocycles. The van der Waals surface area contributed by atoms with Crippen LogP contribution in [0.2, 0.25) is 0 Å². The SMILES string of the molecule is CCCCCCCO[C@@H]1[C@@H]2CC[C@@H](C2)[C@@H]1/C=C/OC. The monoisotopic (exact) mass is 266 g/mol. The highest BCUT2D eigenvalue weighted by Crippen LogP contribution is 2.50. The smallest absolute Gasteiger partial charge is 0.0788 e. The zero-order valence-electron chi connectivity index (χ0n) is 12.6. The molecule has 2 nitrogen and oxygen atoms in total. The molecule has 2 bridgehead atoms. The molecule has 2 rings (SSSR count). The minimum atomic E-state index is 0.469. The third-order valence-electron chi connectivity index (χ3n) is 4.90. The van der Waals surface area contributed by atoms with E-state index in [2.05, 4.69) is 13.0 Å². The molecule has 4 atom stereocenters. The lowest BCUT2D eigenvalue weighted by Gasteiger charge is -2.29. The molecule has 0 amide bonds. The third kappa shape index (κ3) is 3.98. The molecule has 0 spiro atoms. The van der Waals surface area contributed by atoms with Gasteiger partial charge in [0.05, 0.1) is 19.5 Å². The van der Waals surface area contributed by atoms with Crippen LogP contribution in [0.25, 0.3) is 0 Å². The summed E-state index contributed by atoms with van der Waals surface area (Å²) in [4.78, 5) is 0. The van der Waals surface area contributed by atoms with E-state index in [1.165, 1.54) is 51.4 Å². The van der Waals surface area contributed by atoms with E-state index < -0.39 is 0 Å². The molecule has 2 heteroatoms. The van der Waals surface area contributed by atoms with Gasteiger partial charge in [-0.05, 0) is 43.6 Å². The summed E-state index contributed by atoms with van der Waals surface area (Å²) in [5.41, 5.74) is 0. The van der Waals surface area contributed by atoms with Crippen molar-refractivity contribution in [3.8, 4) is 0 Å². The van der Waals surface area contributed by atoms with Crippen LogP contribution in [0, 0.1) is 17.8 Å². The molecule has 0 N–H and O–H groups in total. The van der Waals surface area contributed by atoms with E-state index in [1.54, 1.807) is 7.11 Å². The van der Waals surface area contributed by atoms with E-state index in [4.69, 9.17) is 9.47 Å². The van der Waals surface area contributed by atoms with Gasteiger partial charge in [0.25, 0.3) is 0 Å². The van der Waals surface area contributed by atoms with Crippen LogP contribution in [0.1, 0.15) is 58.3 Å². The van der Waals surface area contributed by atoms with Crippen molar-refractivity contribution in [2.45, 2.75) is 64.4 Å². The number of fused-ring (bicyclic) bond motifs is 2. The van der Waals surface area contributed by atoms with E-state index in [0.29, 0.717) is 12.0 Å². The van der Waals surface area contributed by atoms with Gasteiger partial charge in [0.1, 0.15) is 0 Å². The Balaban J connectivity index is 1.70. The van der Waals surface area contributed by atoms with E-state index in [9.17, 15) is 0 Å². The largest absolute Gasteiger partial charge is 0.505 e. The lowest BCUT2D eigenvalue weighted by atomic mass is 9.86. The maximum Gasteiger partial charge on any atom is 0.0788 e. The lowest BCUT2D eigenvalue weighted by Crippen LogP contribution is -2.29. The quantitative estimate of drug-likeness (QED) is 0.450. The molecule has 2 aliphatic carbocycles. The number of hydrogen-bond donors (Lipinski definition) is 0. The Morgan fingerprint density at radius 1 is 1.05 bits per heavy atom. The highest BCUT2D eigenvalue weighted by molar-refractivity contribution is 5.05. The van der Waals surface area contributed by atoms with Crippen molar-refractivity contribution in [3.05, 3.63) is 12.3 Å². The highest BCUT2D eigenvalue weighted by Gasteiger charge is 2.46. The molecular formula is C17H30O2. The van der Waals surface area contributed by atoms with Crippen molar-refractivity contribution in [2.75, 3.05) is 13.7 Å². The van der Waals surface area contributed by atoms with Crippen LogP contribution in [0.3, 0.4) is 0 Å². The van der Waals surface area contributed by atoms with Crippen molar-refractivity contribution in [3.63, 3.8) is 0 Å². The number of unbranched alkanes of at least 4 members (excludes halogenated alkanes) is 4. The summed E-state index contributed by atoms with van der Waals surface area (Å²) in [5.74, 6) is 2.27. The Labute approximate surface area is 118 Å². The van der Waals surface area contributed by atoms with Gasteiger partial charge < -0.3 is 9.47 Å². The fourth-order valence-corrected chi connectivity index (χ4v) is 3.89. The second-order valence-corrected chi connectivity index (χ2v) is 6.22. The zero-order valence-corrected chi connectivity index (χ0v) is 12.6. The van der Waals surface area contributed by atoms with E-state index in [0.717, 1.165) is 18.4 Å². The van der Waals surface area contributed by atoms with Gasteiger partial charge in [-0.3, -0.25) is 0 Å². The first-order valence-electron chi connectivity index (χ1n) is 8.18. The van der Waals surface area contributed by atoms with Crippen molar-refractivity contribution >= 4 is 0 Å². The maximum absolute atomic E-state index is 6.22. The molecule has 0 saturated heterocycles. The summed E-state index contributed by atoms with van der Waals surface area (Å²) >= 11 is 0. The van der Waals surface area contributed by atoms with E-state index in [-0.39, 0.29) is 0 Å². The predicted octanol–water partition coefficient (Wildman–Crippen LogP) is 4.55. The second kappa shape index (κ2) is 7.94. The molecule has 110 valence electrons. The van der Waals surface area contributed by atoms with Crippen LogP contribution < -0.4 is 0 Å². The highest BCUT2D eigenvalue weighted by atomic mass is 16.5. The lowest BCUT2D eigenvalue weighted by molar-refractivity contribution is -0.00807. The normalized spacial score (nSPS) is 33.4. The Kier molecular flexibility index (Phi) is 6.22. The average molecular weight is 266 g/mol. The summed E-state index contributed by atoms with van der Waals surface area (Å²) < 4.78 is 11.3. The first-order valence-corrected chi connectivity index (χ1v) is 8.18. The zero-order chi connectivity index (χ0) is 13.5. The Bertz CT molecular complexity index is 274. The summed E-state index contributed by atoms with van der Waals surface area (Å²) in [5, 5.41) is 0. The number of ether oxygens (including phenoxy) is 2. The fraction of sp³-hybridized carbons (Fsp3) is 0.882. The summed E-state index contributed by atoms with van der Waals surface area (Å²) in [7, 11) is 1.73. The topological polar surface area (TPSA) is 18.5 Å². The predicted molar refractivity (Wildman–Crippen MR) is 79.0 cm³/mol. The van der Waals surface area contributed by atoms with Crippen LogP contribution >= 0.6 is 0 Å². The van der Waals surface area contributed by atoms with Crippen molar-refractivity contribution in [2.24, 2.45) is 17.8 Å². The van der Waals surface area contributed by atoms with Gasteiger partial charge in [-0.25, -0.2) is 0 Å². The third-order valence-corrected chi connectivity index (χ3v) is 4.90. The molecule has 0 aliphatic heterocycles. The van der Waals surface area contributed by atoms with Gasteiger partial charge in [-0.1, -0.05) is 32.6 Å². The molecule has 0 unspecified atom stereocenters. The molecule has 0 aromatic carbocycles. The van der Waals surface area contributed by atoms with Gasteiger partial charge in [0.2, 0.25) is 0 Å². The molecule has 2 aliphatic rings. The Hall–Kier alpha value is -0.500.